The number of carbonyl (C=O) groups excluding carboxylic acids is 2. The SMILES string of the molecule is CC[C@@H](C(=O)N1CCO[C@](COc2cccc(Cl)c2)(CC(=O)N2CCCCC2)C1)c1ccccc1. The van der Waals surface area contributed by atoms with Gasteiger partial charge in [0.25, 0.3) is 0 Å². The lowest BCUT2D eigenvalue weighted by Crippen LogP contribution is -2.59. The monoisotopic (exact) mass is 498 g/mol. The molecule has 6 nitrogen and oxygen atoms in total. The first-order valence-electron chi connectivity index (χ1n) is 12.6. The summed E-state index contributed by atoms with van der Waals surface area (Å²) in [5.74, 6) is 0.520. The first-order chi connectivity index (χ1) is 17.0. The summed E-state index contributed by atoms with van der Waals surface area (Å²) in [6.07, 6.45) is 4.10. The second-order valence-electron chi connectivity index (χ2n) is 9.53. The zero-order valence-electron chi connectivity index (χ0n) is 20.5. The van der Waals surface area contributed by atoms with Crippen molar-refractivity contribution in [2.45, 2.75) is 50.5 Å². The predicted octanol–water partition coefficient (Wildman–Crippen LogP) is 4.91. The number of benzene rings is 2. The van der Waals surface area contributed by atoms with Crippen LogP contribution in [-0.4, -0.2) is 66.6 Å². The topological polar surface area (TPSA) is 59.1 Å². The van der Waals surface area contributed by atoms with E-state index in [0.717, 1.165) is 37.9 Å². The molecule has 2 fully saturated rings. The van der Waals surface area contributed by atoms with Crippen LogP contribution in [0.25, 0.3) is 0 Å². The molecule has 0 aromatic heterocycles. The highest BCUT2D eigenvalue weighted by Crippen LogP contribution is 2.30. The average Bonchev–Trinajstić information content (AvgIpc) is 2.89. The average molecular weight is 499 g/mol. The number of likely N-dealkylation sites (tertiary alicyclic amines) is 1. The normalized spacial score (nSPS) is 21.4. The first-order valence-corrected chi connectivity index (χ1v) is 13.0. The van der Waals surface area contributed by atoms with E-state index in [1.807, 2.05) is 59.2 Å². The number of carbonyl (C=O) groups is 2. The summed E-state index contributed by atoms with van der Waals surface area (Å²) in [5.41, 5.74) is 0.0939. The minimum absolute atomic E-state index is 0.0591. The largest absolute Gasteiger partial charge is 0.490 e. The molecular formula is C28H35ClN2O4. The number of morpholine rings is 1. The van der Waals surface area contributed by atoms with Crippen molar-refractivity contribution in [1.82, 2.24) is 9.80 Å². The Labute approximate surface area is 213 Å². The number of hydrogen-bond donors (Lipinski definition) is 0. The summed E-state index contributed by atoms with van der Waals surface area (Å²) in [6.45, 7) is 4.93. The lowest BCUT2D eigenvalue weighted by Gasteiger charge is -2.44. The lowest BCUT2D eigenvalue weighted by molar-refractivity contribution is -0.167. The molecule has 7 heteroatoms. The van der Waals surface area contributed by atoms with E-state index in [-0.39, 0.29) is 30.8 Å². The van der Waals surface area contributed by atoms with Gasteiger partial charge in [0.2, 0.25) is 11.8 Å². The molecule has 2 heterocycles. The summed E-state index contributed by atoms with van der Waals surface area (Å²) < 4.78 is 12.4. The van der Waals surface area contributed by atoms with Gasteiger partial charge in [0.15, 0.2) is 0 Å². The molecule has 2 aromatic carbocycles. The zero-order chi connectivity index (χ0) is 24.7. The number of nitrogens with zero attached hydrogens (tertiary/aromatic N) is 2. The van der Waals surface area contributed by atoms with Crippen LogP contribution in [0.5, 0.6) is 5.75 Å². The van der Waals surface area contributed by atoms with Gasteiger partial charge in [-0.3, -0.25) is 9.59 Å². The van der Waals surface area contributed by atoms with Crippen LogP contribution >= 0.6 is 11.6 Å². The van der Waals surface area contributed by atoms with E-state index in [0.29, 0.717) is 36.9 Å². The molecule has 0 aliphatic carbocycles. The van der Waals surface area contributed by atoms with E-state index >= 15 is 0 Å². The van der Waals surface area contributed by atoms with Crippen molar-refractivity contribution in [2.24, 2.45) is 0 Å². The fraction of sp³-hybridized carbons (Fsp3) is 0.500. The molecule has 2 atom stereocenters. The van der Waals surface area contributed by atoms with Crippen LogP contribution < -0.4 is 4.74 Å². The van der Waals surface area contributed by atoms with Crippen molar-refractivity contribution in [2.75, 3.05) is 39.4 Å². The summed E-state index contributed by atoms with van der Waals surface area (Å²) in [6, 6.07) is 17.1. The second kappa shape index (κ2) is 11.9. The van der Waals surface area contributed by atoms with Crippen molar-refractivity contribution >= 4 is 23.4 Å². The molecule has 35 heavy (non-hydrogen) atoms. The fourth-order valence-corrected chi connectivity index (χ4v) is 5.22. The van der Waals surface area contributed by atoms with Gasteiger partial charge in [-0.25, -0.2) is 0 Å². The highest BCUT2D eigenvalue weighted by molar-refractivity contribution is 6.30. The maximum Gasteiger partial charge on any atom is 0.230 e. The van der Waals surface area contributed by atoms with E-state index in [1.165, 1.54) is 0 Å². The van der Waals surface area contributed by atoms with Gasteiger partial charge >= 0.3 is 0 Å². The minimum atomic E-state index is -0.917. The molecule has 2 aliphatic heterocycles. The number of piperidine rings is 1. The Bertz CT molecular complexity index is 995. The molecule has 4 rings (SSSR count). The second-order valence-corrected chi connectivity index (χ2v) is 9.96. The minimum Gasteiger partial charge on any atom is -0.490 e. The number of rotatable bonds is 8. The van der Waals surface area contributed by atoms with Crippen LogP contribution in [0.3, 0.4) is 0 Å². The molecule has 188 valence electrons. The number of amides is 2. The Morgan fingerprint density at radius 3 is 2.51 bits per heavy atom. The van der Waals surface area contributed by atoms with Crippen LogP contribution in [-0.2, 0) is 14.3 Å². The molecule has 2 aromatic rings. The maximum atomic E-state index is 13.6. The van der Waals surface area contributed by atoms with Crippen LogP contribution in [0.2, 0.25) is 5.02 Å². The van der Waals surface area contributed by atoms with Gasteiger partial charge < -0.3 is 19.3 Å². The van der Waals surface area contributed by atoms with Crippen LogP contribution in [0.15, 0.2) is 54.6 Å². The van der Waals surface area contributed by atoms with Gasteiger partial charge in [0.05, 0.1) is 25.5 Å². The third-order valence-electron chi connectivity index (χ3n) is 6.95. The van der Waals surface area contributed by atoms with Gasteiger partial charge in [-0.15, -0.1) is 0 Å². The molecule has 0 radical (unpaired) electrons. The third-order valence-corrected chi connectivity index (χ3v) is 7.18. The van der Waals surface area contributed by atoms with Crippen molar-refractivity contribution in [3.05, 3.63) is 65.2 Å². The van der Waals surface area contributed by atoms with Crippen molar-refractivity contribution in [3.8, 4) is 5.75 Å². The number of halogens is 1. The van der Waals surface area contributed by atoms with Gasteiger partial charge in [-0.2, -0.15) is 0 Å². The van der Waals surface area contributed by atoms with Gasteiger partial charge in [-0.05, 0) is 49.4 Å². The molecule has 0 N–H and O–H groups in total. The van der Waals surface area contributed by atoms with E-state index in [9.17, 15) is 9.59 Å². The van der Waals surface area contributed by atoms with E-state index in [2.05, 4.69) is 0 Å². The number of hydrogen-bond acceptors (Lipinski definition) is 4. The summed E-state index contributed by atoms with van der Waals surface area (Å²) in [4.78, 5) is 30.7. The molecule has 2 aliphatic rings. The van der Waals surface area contributed by atoms with Crippen LogP contribution in [0, 0.1) is 0 Å². The standard InChI is InChI=1S/C28H35ClN2O4/c1-2-25(22-10-5-3-6-11-22)27(33)31-16-17-35-28(20-31,19-26(32)30-14-7-4-8-15-30)21-34-24-13-9-12-23(29)18-24/h3,5-6,9-13,18,25H,2,4,7-8,14-17,19-21H2,1H3/t25-,28-/m1/s1. The zero-order valence-corrected chi connectivity index (χ0v) is 21.2. The first kappa shape index (κ1) is 25.5. The van der Waals surface area contributed by atoms with E-state index in [1.54, 1.807) is 12.1 Å². The molecule has 0 unspecified atom stereocenters. The fourth-order valence-electron chi connectivity index (χ4n) is 5.04. The van der Waals surface area contributed by atoms with Gasteiger partial charge in [0.1, 0.15) is 18.0 Å². The van der Waals surface area contributed by atoms with Crippen molar-refractivity contribution in [1.29, 1.82) is 0 Å². The Kier molecular flexibility index (Phi) is 8.69. The summed E-state index contributed by atoms with van der Waals surface area (Å²) in [7, 11) is 0. The third kappa shape index (κ3) is 6.56. The van der Waals surface area contributed by atoms with Crippen molar-refractivity contribution in [3.63, 3.8) is 0 Å². The van der Waals surface area contributed by atoms with E-state index in [4.69, 9.17) is 21.1 Å². The highest BCUT2D eigenvalue weighted by atomic mass is 35.5. The van der Waals surface area contributed by atoms with Gasteiger partial charge in [0, 0.05) is 24.7 Å². The van der Waals surface area contributed by atoms with Crippen LogP contribution in [0.4, 0.5) is 0 Å². The summed E-state index contributed by atoms with van der Waals surface area (Å²) >= 11 is 6.14. The number of ether oxygens (including phenoxy) is 2. The lowest BCUT2D eigenvalue weighted by atomic mass is 9.92. The van der Waals surface area contributed by atoms with Crippen LogP contribution in [0.1, 0.15) is 50.5 Å². The molecule has 0 bridgehead atoms. The van der Waals surface area contributed by atoms with Crippen molar-refractivity contribution < 1.29 is 19.1 Å². The Morgan fingerprint density at radius 1 is 1.03 bits per heavy atom. The molecule has 0 spiro atoms. The van der Waals surface area contributed by atoms with E-state index < -0.39 is 5.60 Å². The Hall–Kier alpha value is -2.57. The summed E-state index contributed by atoms with van der Waals surface area (Å²) in [5, 5.41) is 0.580. The molecule has 2 saturated heterocycles. The highest BCUT2D eigenvalue weighted by Gasteiger charge is 2.43. The molecular weight excluding hydrogens is 464 g/mol. The quantitative estimate of drug-likeness (QED) is 0.518. The Balaban J connectivity index is 1.53. The smallest absolute Gasteiger partial charge is 0.230 e. The van der Waals surface area contributed by atoms with Gasteiger partial charge in [-0.1, -0.05) is 54.9 Å². The Morgan fingerprint density at radius 2 is 1.80 bits per heavy atom. The predicted molar refractivity (Wildman–Crippen MR) is 137 cm³/mol. The molecule has 2 amide bonds. The molecule has 0 saturated carbocycles. The maximum absolute atomic E-state index is 13.6.